The molecule has 0 atom stereocenters. The highest BCUT2D eigenvalue weighted by atomic mass is 32.1. The van der Waals surface area contributed by atoms with Crippen LogP contribution >= 0.6 is 11.3 Å². The predicted molar refractivity (Wildman–Crippen MR) is 73.1 cm³/mol. The van der Waals surface area contributed by atoms with Crippen LogP contribution in [-0.2, 0) is 0 Å². The minimum Gasteiger partial charge on any atom is -0.457 e. The maximum atomic E-state index is 5.82. The molecule has 0 spiro atoms. The zero-order chi connectivity index (χ0) is 11.7. The van der Waals surface area contributed by atoms with Gasteiger partial charge >= 0.3 is 0 Å². The summed E-state index contributed by atoms with van der Waals surface area (Å²) in [5, 5.41) is 3.33. The van der Waals surface area contributed by atoms with E-state index in [0.29, 0.717) is 0 Å². The highest BCUT2D eigenvalue weighted by Crippen LogP contribution is 2.28. The molecule has 0 aliphatic heterocycles. The molecule has 0 N–H and O–H groups in total. The molecule has 3 aromatic rings. The van der Waals surface area contributed by atoms with Crippen molar-refractivity contribution in [2.24, 2.45) is 0 Å². The van der Waals surface area contributed by atoms with Gasteiger partial charge in [-0.2, -0.15) is 0 Å². The highest BCUT2D eigenvalue weighted by molar-refractivity contribution is 7.17. The zero-order valence-corrected chi connectivity index (χ0v) is 10.3. The topological polar surface area (TPSA) is 9.23 Å². The summed E-state index contributed by atoms with van der Waals surface area (Å²) in [6.45, 7) is 2.07. The molecular weight excluding hydrogens is 228 g/mol. The van der Waals surface area contributed by atoms with Crippen LogP contribution in [0.15, 0.2) is 53.9 Å². The van der Waals surface area contributed by atoms with Crippen LogP contribution in [-0.4, -0.2) is 0 Å². The van der Waals surface area contributed by atoms with E-state index in [4.69, 9.17) is 4.74 Å². The van der Waals surface area contributed by atoms with Gasteiger partial charge < -0.3 is 4.74 Å². The van der Waals surface area contributed by atoms with Gasteiger partial charge in [0.15, 0.2) is 0 Å². The molecular formula is C15H12OS. The van der Waals surface area contributed by atoms with E-state index in [2.05, 4.69) is 42.6 Å². The van der Waals surface area contributed by atoms with Crippen molar-refractivity contribution >= 4 is 21.4 Å². The molecule has 2 heteroatoms. The fourth-order valence-corrected chi connectivity index (χ4v) is 2.52. The smallest absolute Gasteiger partial charge is 0.128 e. The SMILES string of the molecule is Cc1ccc(Oc2ccc3sccc3c2)cc1. The van der Waals surface area contributed by atoms with E-state index in [1.165, 1.54) is 15.6 Å². The molecule has 0 unspecified atom stereocenters. The molecule has 0 radical (unpaired) electrons. The molecule has 2 aromatic carbocycles. The lowest BCUT2D eigenvalue weighted by Gasteiger charge is -2.05. The Labute approximate surface area is 104 Å². The number of thiophene rings is 1. The monoisotopic (exact) mass is 240 g/mol. The second-order valence-corrected chi connectivity index (χ2v) is 4.98. The van der Waals surface area contributed by atoms with E-state index in [-0.39, 0.29) is 0 Å². The summed E-state index contributed by atoms with van der Waals surface area (Å²) in [7, 11) is 0. The molecule has 1 nitrogen and oxygen atoms in total. The van der Waals surface area contributed by atoms with Crippen molar-refractivity contribution in [3.05, 3.63) is 59.5 Å². The van der Waals surface area contributed by atoms with E-state index < -0.39 is 0 Å². The lowest BCUT2D eigenvalue weighted by atomic mass is 10.2. The van der Waals surface area contributed by atoms with Crippen molar-refractivity contribution in [2.45, 2.75) is 6.92 Å². The maximum absolute atomic E-state index is 5.82. The van der Waals surface area contributed by atoms with Crippen molar-refractivity contribution in [3.8, 4) is 11.5 Å². The molecule has 0 amide bonds. The van der Waals surface area contributed by atoms with Crippen LogP contribution in [0.2, 0.25) is 0 Å². The van der Waals surface area contributed by atoms with Gasteiger partial charge in [-0.3, -0.25) is 0 Å². The third-order valence-corrected chi connectivity index (χ3v) is 3.58. The van der Waals surface area contributed by atoms with E-state index in [0.717, 1.165) is 11.5 Å². The van der Waals surface area contributed by atoms with Gasteiger partial charge in [0.25, 0.3) is 0 Å². The molecule has 17 heavy (non-hydrogen) atoms. The van der Waals surface area contributed by atoms with Gasteiger partial charge in [-0.1, -0.05) is 17.7 Å². The van der Waals surface area contributed by atoms with E-state index in [1.807, 2.05) is 18.2 Å². The molecule has 0 aliphatic rings. The lowest BCUT2D eigenvalue weighted by molar-refractivity contribution is 0.483. The third-order valence-electron chi connectivity index (χ3n) is 2.68. The van der Waals surface area contributed by atoms with Crippen LogP contribution in [0, 0.1) is 6.92 Å². The average molecular weight is 240 g/mol. The molecule has 1 aromatic heterocycles. The Morgan fingerprint density at radius 1 is 0.882 bits per heavy atom. The highest BCUT2D eigenvalue weighted by Gasteiger charge is 2.00. The predicted octanol–water partition coefficient (Wildman–Crippen LogP) is 5.00. The molecule has 0 bridgehead atoms. The molecule has 0 fully saturated rings. The Balaban J connectivity index is 1.91. The molecule has 1 heterocycles. The normalized spacial score (nSPS) is 10.6. The zero-order valence-electron chi connectivity index (χ0n) is 9.51. The molecule has 0 saturated heterocycles. The largest absolute Gasteiger partial charge is 0.457 e. The Kier molecular flexibility index (Phi) is 2.57. The summed E-state index contributed by atoms with van der Waals surface area (Å²) in [5.74, 6) is 1.77. The standard InChI is InChI=1S/C15H12OS/c1-11-2-4-13(5-3-11)16-14-6-7-15-12(10-14)8-9-17-15/h2-10H,1H3. The third kappa shape index (κ3) is 2.17. The van der Waals surface area contributed by atoms with E-state index in [9.17, 15) is 0 Å². The Hall–Kier alpha value is -1.80. The number of hydrogen-bond donors (Lipinski definition) is 0. The van der Waals surface area contributed by atoms with Crippen LogP contribution in [0.1, 0.15) is 5.56 Å². The second kappa shape index (κ2) is 4.22. The van der Waals surface area contributed by atoms with Crippen molar-refractivity contribution in [2.75, 3.05) is 0 Å². The fraction of sp³-hybridized carbons (Fsp3) is 0.0667. The van der Waals surface area contributed by atoms with Crippen LogP contribution in [0.25, 0.3) is 10.1 Å². The summed E-state index contributed by atoms with van der Waals surface area (Å²) in [6, 6.07) is 16.4. The van der Waals surface area contributed by atoms with Crippen LogP contribution < -0.4 is 4.74 Å². The quantitative estimate of drug-likeness (QED) is 0.612. The molecule has 84 valence electrons. The Morgan fingerprint density at radius 3 is 2.47 bits per heavy atom. The molecule has 0 aliphatic carbocycles. The molecule has 3 rings (SSSR count). The number of ether oxygens (including phenoxy) is 1. The van der Waals surface area contributed by atoms with E-state index >= 15 is 0 Å². The first kappa shape index (κ1) is 10.4. The van der Waals surface area contributed by atoms with E-state index in [1.54, 1.807) is 11.3 Å². The van der Waals surface area contributed by atoms with Gasteiger partial charge in [0.05, 0.1) is 0 Å². The minimum atomic E-state index is 0.880. The first-order valence-corrected chi connectivity index (χ1v) is 6.41. The molecule has 0 saturated carbocycles. The van der Waals surface area contributed by atoms with Gasteiger partial charge in [-0.15, -0.1) is 11.3 Å². The van der Waals surface area contributed by atoms with Crippen LogP contribution in [0.3, 0.4) is 0 Å². The minimum absolute atomic E-state index is 0.880. The first-order chi connectivity index (χ1) is 8.31. The summed E-state index contributed by atoms with van der Waals surface area (Å²) >= 11 is 1.75. The second-order valence-electron chi connectivity index (χ2n) is 4.04. The van der Waals surface area contributed by atoms with Gasteiger partial charge in [0.1, 0.15) is 11.5 Å². The summed E-state index contributed by atoms with van der Waals surface area (Å²) in [6.07, 6.45) is 0. The van der Waals surface area contributed by atoms with Gasteiger partial charge in [-0.05, 0) is 54.1 Å². The first-order valence-electron chi connectivity index (χ1n) is 5.53. The lowest BCUT2D eigenvalue weighted by Crippen LogP contribution is -1.83. The number of benzene rings is 2. The van der Waals surface area contributed by atoms with Gasteiger partial charge in [-0.25, -0.2) is 0 Å². The van der Waals surface area contributed by atoms with Crippen molar-refractivity contribution < 1.29 is 4.74 Å². The Morgan fingerprint density at radius 2 is 1.65 bits per heavy atom. The van der Waals surface area contributed by atoms with Crippen molar-refractivity contribution in [1.29, 1.82) is 0 Å². The fourth-order valence-electron chi connectivity index (χ4n) is 1.75. The van der Waals surface area contributed by atoms with Crippen LogP contribution in [0.4, 0.5) is 0 Å². The van der Waals surface area contributed by atoms with Gasteiger partial charge in [0, 0.05) is 4.70 Å². The summed E-state index contributed by atoms with van der Waals surface area (Å²) < 4.78 is 7.11. The van der Waals surface area contributed by atoms with Gasteiger partial charge in [0.2, 0.25) is 0 Å². The number of hydrogen-bond acceptors (Lipinski definition) is 2. The number of aryl methyl sites for hydroxylation is 1. The average Bonchev–Trinajstić information content (AvgIpc) is 2.79. The number of fused-ring (bicyclic) bond motifs is 1. The van der Waals surface area contributed by atoms with Crippen LogP contribution in [0.5, 0.6) is 11.5 Å². The summed E-state index contributed by atoms with van der Waals surface area (Å²) in [5.41, 5.74) is 1.24. The Bertz CT molecular complexity index is 637. The van der Waals surface area contributed by atoms with Crippen molar-refractivity contribution in [3.63, 3.8) is 0 Å². The maximum Gasteiger partial charge on any atom is 0.128 e. The number of rotatable bonds is 2. The summed E-state index contributed by atoms with van der Waals surface area (Å²) in [4.78, 5) is 0. The van der Waals surface area contributed by atoms with Crippen molar-refractivity contribution in [1.82, 2.24) is 0 Å².